The Bertz CT molecular complexity index is 627. The Morgan fingerprint density at radius 3 is 2.59 bits per heavy atom. The highest BCUT2D eigenvalue weighted by Gasteiger charge is 2.28. The maximum atomic E-state index is 12.1. The number of hydrogen-bond acceptors (Lipinski definition) is 3. The number of hydrogen-bond donors (Lipinski definition) is 2. The van der Waals surface area contributed by atoms with Gasteiger partial charge >= 0.3 is 0 Å². The molecule has 2 N–H and O–H groups in total. The Morgan fingerprint density at radius 1 is 1.14 bits per heavy atom. The van der Waals surface area contributed by atoms with E-state index in [0.717, 1.165) is 28.9 Å². The normalized spacial score (nSPS) is 16.0. The zero-order valence-electron chi connectivity index (χ0n) is 12.3. The number of rotatable bonds is 5. The summed E-state index contributed by atoms with van der Waals surface area (Å²) in [5.74, 6) is 0.741. The fourth-order valence-corrected chi connectivity index (χ4v) is 2.58. The van der Waals surface area contributed by atoms with E-state index in [1.807, 2.05) is 48.5 Å². The Labute approximate surface area is 129 Å². The van der Waals surface area contributed by atoms with Gasteiger partial charge in [0, 0.05) is 13.0 Å². The van der Waals surface area contributed by atoms with E-state index in [0.29, 0.717) is 13.0 Å². The SMILES string of the molecule is O=C(NCCc1ccc(CO)cc1)C1Cc2ccccc2O1. The summed E-state index contributed by atoms with van der Waals surface area (Å²) in [5.41, 5.74) is 3.11. The van der Waals surface area contributed by atoms with Gasteiger partial charge in [-0.15, -0.1) is 0 Å². The van der Waals surface area contributed by atoms with E-state index >= 15 is 0 Å². The predicted molar refractivity (Wildman–Crippen MR) is 83.6 cm³/mol. The summed E-state index contributed by atoms with van der Waals surface area (Å²) < 4.78 is 5.66. The lowest BCUT2D eigenvalue weighted by molar-refractivity contribution is -0.127. The van der Waals surface area contributed by atoms with Crippen molar-refractivity contribution < 1.29 is 14.6 Å². The standard InChI is InChI=1S/C18H19NO3/c20-12-14-7-5-13(6-8-14)9-10-19-18(21)17-11-15-3-1-2-4-16(15)22-17/h1-8,17,20H,9-12H2,(H,19,21). The molecule has 1 amide bonds. The number of aliphatic hydroxyl groups is 1. The van der Waals surface area contributed by atoms with Crippen LogP contribution >= 0.6 is 0 Å². The van der Waals surface area contributed by atoms with Crippen LogP contribution in [0.1, 0.15) is 16.7 Å². The van der Waals surface area contributed by atoms with E-state index in [4.69, 9.17) is 9.84 Å². The maximum absolute atomic E-state index is 12.1. The van der Waals surface area contributed by atoms with Gasteiger partial charge in [-0.05, 0) is 29.2 Å². The Morgan fingerprint density at radius 2 is 1.86 bits per heavy atom. The van der Waals surface area contributed by atoms with Gasteiger partial charge in [-0.1, -0.05) is 42.5 Å². The second-order valence-electron chi connectivity index (χ2n) is 5.43. The van der Waals surface area contributed by atoms with Crippen molar-refractivity contribution in [3.8, 4) is 5.75 Å². The molecule has 0 aliphatic carbocycles. The molecule has 0 bridgehead atoms. The van der Waals surface area contributed by atoms with E-state index in [-0.39, 0.29) is 12.5 Å². The second-order valence-corrected chi connectivity index (χ2v) is 5.43. The summed E-state index contributed by atoms with van der Waals surface area (Å²) in [7, 11) is 0. The van der Waals surface area contributed by atoms with Crippen molar-refractivity contribution in [3.63, 3.8) is 0 Å². The lowest BCUT2D eigenvalue weighted by Gasteiger charge is -2.11. The molecule has 22 heavy (non-hydrogen) atoms. The number of ether oxygens (including phenoxy) is 1. The van der Waals surface area contributed by atoms with Gasteiger partial charge in [0.15, 0.2) is 6.10 Å². The molecule has 4 heteroatoms. The molecule has 3 rings (SSSR count). The highest BCUT2D eigenvalue weighted by Crippen LogP contribution is 2.28. The van der Waals surface area contributed by atoms with Crippen molar-refractivity contribution in [1.29, 1.82) is 0 Å². The van der Waals surface area contributed by atoms with Gasteiger partial charge in [0.1, 0.15) is 5.75 Å². The number of benzene rings is 2. The average molecular weight is 297 g/mol. The first-order chi connectivity index (χ1) is 10.8. The van der Waals surface area contributed by atoms with Gasteiger partial charge < -0.3 is 15.2 Å². The fraction of sp³-hybridized carbons (Fsp3) is 0.278. The maximum Gasteiger partial charge on any atom is 0.261 e. The Kier molecular flexibility index (Phi) is 4.39. The van der Waals surface area contributed by atoms with Gasteiger partial charge in [0.25, 0.3) is 5.91 Å². The van der Waals surface area contributed by atoms with Gasteiger partial charge in [-0.25, -0.2) is 0 Å². The number of para-hydroxylation sites is 1. The van der Waals surface area contributed by atoms with E-state index in [2.05, 4.69) is 5.32 Å². The van der Waals surface area contributed by atoms with E-state index in [1.165, 1.54) is 0 Å². The fourth-order valence-electron chi connectivity index (χ4n) is 2.58. The molecule has 1 aliphatic rings. The molecule has 1 heterocycles. The first kappa shape index (κ1) is 14.6. The molecule has 2 aromatic carbocycles. The van der Waals surface area contributed by atoms with Gasteiger partial charge in [0.2, 0.25) is 0 Å². The van der Waals surface area contributed by atoms with Crippen molar-refractivity contribution >= 4 is 5.91 Å². The van der Waals surface area contributed by atoms with Crippen LogP contribution in [0.4, 0.5) is 0 Å². The first-order valence-corrected chi connectivity index (χ1v) is 7.47. The molecule has 114 valence electrons. The molecule has 2 aromatic rings. The largest absolute Gasteiger partial charge is 0.480 e. The molecule has 0 saturated heterocycles. The number of carbonyl (C=O) groups is 1. The lowest BCUT2D eigenvalue weighted by Crippen LogP contribution is -2.38. The summed E-state index contributed by atoms with van der Waals surface area (Å²) in [4.78, 5) is 12.1. The average Bonchev–Trinajstić information content (AvgIpc) is 2.99. The van der Waals surface area contributed by atoms with Crippen molar-refractivity contribution in [1.82, 2.24) is 5.32 Å². The van der Waals surface area contributed by atoms with Crippen LogP contribution in [-0.4, -0.2) is 23.7 Å². The zero-order valence-corrected chi connectivity index (χ0v) is 12.3. The van der Waals surface area contributed by atoms with E-state index in [9.17, 15) is 4.79 Å². The molecule has 0 radical (unpaired) electrons. The van der Waals surface area contributed by atoms with Crippen LogP contribution in [0, 0.1) is 0 Å². The van der Waals surface area contributed by atoms with Crippen molar-refractivity contribution in [2.45, 2.75) is 25.6 Å². The van der Waals surface area contributed by atoms with Crippen molar-refractivity contribution in [2.24, 2.45) is 0 Å². The molecule has 1 unspecified atom stereocenters. The number of aliphatic hydroxyl groups excluding tert-OH is 1. The third-order valence-corrected chi connectivity index (χ3v) is 3.86. The highest BCUT2D eigenvalue weighted by molar-refractivity contribution is 5.82. The molecule has 0 fully saturated rings. The van der Waals surface area contributed by atoms with Crippen LogP contribution in [0.2, 0.25) is 0 Å². The van der Waals surface area contributed by atoms with Crippen LogP contribution in [0.15, 0.2) is 48.5 Å². The number of fused-ring (bicyclic) bond motifs is 1. The van der Waals surface area contributed by atoms with Crippen LogP contribution < -0.4 is 10.1 Å². The minimum absolute atomic E-state index is 0.0522. The highest BCUT2D eigenvalue weighted by atomic mass is 16.5. The second kappa shape index (κ2) is 6.62. The van der Waals surface area contributed by atoms with E-state index < -0.39 is 6.10 Å². The Hall–Kier alpha value is -2.33. The molecule has 0 spiro atoms. The molecule has 0 aromatic heterocycles. The zero-order chi connectivity index (χ0) is 15.4. The monoisotopic (exact) mass is 297 g/mol. The Balaban J connectivity index is 1.47. The quantitative estimate of drug-likeness (QED) is 0.885. The molecule has 4 nitrogen and oxygen atoms in total. The molecular formula is C18H19NO3. The summed E-state index contributed by atoms with van der Waals surface area (Å²) >= 11 is 0. The van der Waals surface area contributed by atoms with Crippen LogP contribution in [0.25, 0.3) is 0 Å². The number of nitrogens with one attached hydrogen (secondary N) is 1. The summed E-state index contributed by atoms with van der Waals surface area (Å²) in [5, 5.41) is 11.9. The minimum atomic E-state index is -0.422. The molecule has 1 aliphatic heterocycles. The summed E-state index contributed by atoms with van der Waals surface area (Å²) in [6, 6.07) is 15.5. The van der Waals surface area contributed by atoms with Crippen LogP contribution in [-0.2, 0) is 24.2 Å². The van der Waals surface area contributed by atoms with Gasteiger partial charge in [-0.3, -0.25) is 4.79 Å². The topological polar surface area (TPSA) is 58.6 Å². The smallest absolute Gasteiger partial charge is 0.261 e. The third-order valence-electron chi connectivity index (χ3n) is 3.86. The first-order valence-electron chi connectivity index (χ1n) is 7.47. The summed E-state index contributed by atoms with van der Waals surface area (Å²) in [6.45, 7) is 0.629. The number of amides is 1. The van der Waals surface area contributed by atoms with Gasteiger partial charge in [-0.2, -0.15) is 0 Å². The number of carbonyl (C=O) groups excluding carboxylic acids is 1. The molecule has 0 saturated carbocycles. The third kappa shape index (κ3) is 3.28. The molecular weight excluding hydrogens is 278 g/mol. The van der Waals surface area contributed by atoms with Crippen LogP contribution in [0.5, 0.6) is 5.75 Å². The van der Waals surface area contributed by atoms with Crippen molar-refractivity contribution in [2.75, 3.05) is 6.54 Å². The minimum Gasteiger partial charge on any atom is -0.480 e. The van der Waals surface area contributed by atoms with Crippen LogP contribution in [0.3, 0.4) is 0 Å². The van der Waals surface area contributed by atoms with Crippen molar-refractivity contribution in [3.05, 3.63) is 65.2 Å². The van der Waals surface area contributed by atoms with Gasteiger partial charge in [0.05, 0.1) is 6.61 Å². The molecule has 1 atom stereocenters. The van der Waals surface area contributed by atoms with E-state index in [1.54, 1.807) is 0 Å². The summed E-state index contributed by atoms with van der Waals surface area (Å²) in [6.07, 6.45) is 0.971. The lowest BCUT2D eigenvalue weighted by atomic mass is 10.1. The predicted octanol–water partition coefficient (Wildman–Crippen LogP) is 1.84.